The molecule has 1 aliphatic carbocycles. The molecule has 1 aliphatic rings. The molecule has 3 nitrogen and oxygen atoms in total. The molecule has 0 fully saturated rings. The summed E-state index contributed by atoms with van der Waals surface area (Å²) in [5.74, 6) is -0.173. The van der Waals surface area contributed by atoms with Crippen LogP contribution in [0.1, 0.15) is 57.9 Å². The van der Waals surface area contributed by atoms with Gasteiger partial charge in [0, 0.05) is 12.0 Å². The van der Waals surface area contributed by atoms with E-state index in [9.17, 15) is 9.90 Å². The Labute approximate surface area is 207 Å². The van der Waals surface area contributed by atoms with Crippen LogP contribution in [0.5, 0.6) is 0 Å². The van der Waals surface area contributed by atoms with Crippen LogP contribution in [0.2, 0.25) is 0 Å². The number of aromatic carboxylic acids is 1. The Bertz CT molecular complexity index is 1300. The first kappa shape index (κ1) is 24.0. The number of benzene rings is 4. The topological polar surface area (TPSA) is 49.3 Å². The maximum Gasteiger partial charge on any atom is 0.335 e. The highest BCUT2D eigenvalue weighted by Gasteiger charge is 2.28. The summed E-state index contributed by atoms with van der Waals surface area (Å²) >= 11 is 0. The highest BCUT2D eigenvalue weighted by Crippen LogP contribution is 2.39. The van der Waals surface area contributed by atoms with Crippen LogP contribution in [0.4, 0.5) is 0 Å². The lowest BCUT2D eigenvalue weighted by Crippen LogP contribution is -2.31. The average Bonchev–Trinajstić information content (AvgIpc) is 2.86. The van der Waals surface area contributed by atoms with E-state index >= 15 is 0 Å². The smallest absolute Gasteiger partial charge is 0.335 e. The lowest BCUT2D eigenvalue weighted by atomic mass is 9.73. The van der Waals surface area contributed by atoms with E-state index in [4.69, 9.17) is 0 Å². The van der Waals surface area contributed by atoms with E-state index in [1.165, 1.54) is 27.5 Å². The number of carboxylic acid groups (broad SMARTS) is 1. The summed E-state index contributed by atoms with van der Waals surface area (Å²) in [5.41, 5.74) is 5.48. The first-order valence-corrected chi connectivity index (χ1v) is 11.7. The minimum absolute atomic E-state index is 0. The van der Waals surface area contributed by atoms with Gasteiger partial charge >= 0.3 is 5.97 Å². The van der Waals surface area contributed by atoms with Gasteiger partial charge in [0.2, 0.25) is 0 Å². The monoisotopic (exact) mass is 471 g/mol. The fourth-order valence-electron chi connectivity index (χ4n) is 5.36. The molecule has 4 aromatic rings. The van der Waals surface area contributed by atoms with Crippen molar-refractivity contribution in [1.82, 2.24) is 5.32 Å². The first-order valence-electron chi connectivity index (χ1n) is 11.7. The van der Waals surface area contributed by atoms with Gasteiger partial charge in [-0.3, -0.25) is 0 Å². The van der Waals surface area contributed by atoms with E-state index in [0.29, 0.717) is 11.5 Å². The molecular weight excluding hydrogens is 442 g/mol. The third kappa shape index (κ3) is 4.86. The van der Waals surface area contributed by atoms with Crippen molar-refractivity contribution in [3.05, 3.63) is 119 Å². The Morgan fingerprint density at radius 1 is 0.971 bits per heavy atom. The highest BCUT2D eigenvalue weighted by atomic mass is 35.5. The van der Waals surface area contributed by atoms with Crippen LogP contribution in [0.25, 0.3) is 10.8 Å². The van der Waals surface area contributed by atoms with Crippen molar-refractivity contribution in [2.45, 2.75) is 31.7 Å². The quantitative estimate of drug-likeness (QED) is 0.318. The van der Waals surface area contributed by atoms with Crippen molar-refractivity contribution >= 4 is 29.1 Å². The standard InChI is InChI=1S/C30H29NO2.ClH/c1-20(26-15-7-10-22-8-2-4-13-27(22)26)31-19-21-16-23-9-3-5-14-28(23)29(17-21)24-11-6-12-25(18-24)30(32)33;/h2-15,18,20-21,29,31H,16-17,19H2,1H3,(H,32,33);1H/t20-,21?,29?;/m1./s1. The van der Waals surface area contributed by atoms with E-state index in [2.05, 4.69) is 85.0 Å². The maximum absolute atomic E-state index is 11.5. The number of halogens is 1. The van der Waals surface area contributed by atoms with Crippen LogP contribution in [0.3, 0.4) is 0 Å². The maximum atomic E-state index is 11.5. The molecule has 5 rings (SSSR count). The molecule has 0 aliphatic heterocycles. The summed E-state index contributed by atoms with van der Waals surface area (Å²) < 4.78 is 0. The van der Waals surface area contributed by atoms with Gasteiger partial charge in [-0.1, -0.05) is 78.9 Å². The van der Waals surface area contributed by atoms with Crippen LogP contribution in [0, 0.1) is 5.92 Å². The molecule has 4 aromatic carbocycles. The summed E-state index contributed by atoms with van der Waals surface area (Å²) in [6.45, 7) is 3.17. The van der Waals surface area contributed by atoms with E-state index in [1.807, 2.05) is 12.1 Å². The Kier molecular flexibility index (Phi) is 7.35. The van der Waals surface area contributed by atoms with Gasteiger partial charge in [-0.15, -0.1) is 12.4 Å². The minimum Gasteiger partial charge on any atom is -0.478 e. The molecule has 34 heavy (non-hydrogen) atoms. The summed E-state index contributed by atoms with van der Waals surface area (Å²) in [5, 5.41) is 15.8. The van der Waals surface area contributed by atoms with Gasteiger partial charge in [0.1, 0.15) is 0 Å². The molecule has 0 saturated heterocycles. The lowest BCUT2D eigenvalue weighted by molar-refractivity contribution is 0.0696. The molecule has 0 spiro atoms. The summed E-state index contributed by atoms with van der Waals surface area (Å²) in [6.07, 6.45) is 2.05. The molecule has 0 radical (unpaired) electrons. The van der Waals surface area contributed by atoms with Gasteiger partial charge in [-0.05, 0) is 77.4 Å². The second kappa shape index (κ2) is 10.4. The number of nitrogens with one attached hydrogen (secondary N) is 1. The molecular formula is C30H30ClNO2. The Balaban J connectivity index is 0.00000274. The summed E-state index contributed by atoms with van der Waals surface area (Å²) in [4.78, 5) is 11.5. The number of fused-ring (bicyclic) bond motifs is 2. The van der Waals surface area contributed by atoms with Crippen LogP contribution < -0.4 is 5.32 Å². The molecule has 174 valence electrons. The van der Waals surface area contributed by atoms with E-state index in [-0.39, 0.29) is 24.4 Å². The van der Waals surface area contributed by atoms with Crippen molar-refractivity contribution in [1.29, 1.82) is 0 Å². The third-order valence-electron chi connectivity index (χ3n) is 7.05. The van der Waals surface area contributed by atoms with Gasteiger partial charge in [0.05, 0.1) is 5.56 Å². The Hall–Kier alpha value is -3.14. The van der Waals surface area contributed by atoms with Crippen molar-refractivity contribution in [2.75, 3.05) is 6.54 Å². The predicted molar refractivity (Wildman–Crippen MR) is 141 cm³/mol. The average molecular weight is 472 g/mol. The van der Waals surface area contributed by atoms with Crippen LogP contribution >= 0.6 is 12.4 Å². The zero-order valence-corrected chi connectivity index (χ0v) is 20.1. The molecule has 2 N–H and O–H groups in total. The predicted octanol–water partition coefficient (Wildman–Crippen LogP) is 7.00. The zero-order valence-electron chi connectivity index (χ0n) is 19.3. The van der Waals surface area contributed by atoms with Crippen molar-refractivity contribution in [2.24, 2.45) is 5.92 Å². The molecule has 0 saturated carbocycles. The second-order valence-electron chi connectivity index (χ2n) is 9.19. The summed E-state index contributed by atoms with van der Waals surface area (Å²) in [7, 11) is 0. The Morgan fingerprint density at radius 3 is 2.56 bits per heavy atom. The number of hydrogen-bond donors (Lipinski definition) is 2. The molecule has 3 atom stereocenters. The number of rotatable bonds is 6. The second-order valence-corrected chi connectivity index (χ2v) is 9.19. The molecule has 0 aromatic heterocycles. The number of carbonyl (C=O) groups is 1. The first-order chi connectivity index (χ1) is 16.1. The van der Waals surface area contributed by atoms with Crippen molar-refractivity contribution in [3.63, 3.8) is 0 Å². The largest absolute Gasteiger partial charge is 0.478 e. The van der Waals surface area contributed by atoms with E-state index in [1.54, 1.807) is 6.07 Å². The van der Waals surface area contributed by atoms with Crippen molar-refractivity contribution in [3.8, 4) is 0 Å². The molecule has 0 heterocycles. The third-order valence-corrected chi connectivity index (χ3v) is 7.05. The van der Waals surface area contributed by atoms with Crippen LogP contribution in [-0.2, 0) is 6.42 Å². The molecule has 0 bridgehead atoms. The van der Waals surface area contributed by atoms with Gasteiger partial charge in [0.15, 0.2) is 0 Å². The SMILES string of the molecule is C[C@@H](NCC1Cc2ccccc2C(c2cccc(C(=O)O)c2)C1)c1cccc2ccccc12.Cl. The fraction of sp³-hybridized carbons (Fsp3) is 0.233. The van der Waals surface area contributed by atoms with E-state index in [0.717, 1.165) is 24.9 Å². The fourth-order valence-corrected chi connectivity index (χ4v) is 5.36. The van der Waals surface area contributed by atoms with Gasteiger partial charge in [0.25, 0.3) is 0 Å². The Morgan fingerprint density at radius 2 is 1.71 bits per heavy atom. The molecule has 4 heteroatoms. The number of hydrogen-bond acceptors (Lipinski definition) is 2. The van der Waals surface area contributed by atoms with Crippen molar-refractivity contribution < 1.29 is 9.90 Å². The van der Waals surface area contributed by atoms with Gasteiger partial charge < -0.3 is 10.4 Å². The number of carboxylic acids is 1. The molecule has 0 amide bonds. The zero-order chi connectivity index (χ0) is 22.8. The van der Waals surface area contributed by atoms with Crippen LogP contribution in [0.15, 0.2) is 91.0 Å². The van der Waals surface area contributed by atoms with E-state index < -0.39 is 5.97 Å². The molecule has 2 unspecified atom stereocenters. The lowest BCUT2D eigenvalue weighted by Gasteiger charge is -2.33. The minimum atomic E-state index is -0.872. The van der Waals surface area contributed by atoms with Crippen LogP contribution in [-0.4, -0.2) is 17.6 Å². The van der Waals surface area contributed by atoms with Gasteiger partial charge in [-0.25, -0.2) is 4.79 Å². The highest BCUT2D eigenvalue weighted by molar-refractivity contribution is 5.88. The summed E-state index contributed by atoms with van der Waals surface area (Å²) in [6, 6.07) is 31.4. The van der Waals surface area contributed by atoms with Gasteiger partial charge in [-0.2, -0.15) is 0 Å². The normalized spacial score (nSPS) is 18.0.